The van der Waals surface area contributed by atoms with Crippen LogP contribution in [-0.2, 0) is 16.0 Å². The summed E-state index contributed by atoms with van der Waals surface area (Å²) in [6, 6.07) is 10.8. The second kappa shape index (κ2) is 11.4. The second-order valence-corrected chi connectivity index (χ2v) is 8.50. The minimum absolute atomic E-state index is 0.00346. The van der Waals surface area contributed by atoms with E-state index in [1.165, 1.54) is 76.2 Å². The van der Waals surface area contributed by atoms with E-state index in [4.69, 9.17) is 4.74 Å². The van der Waals surface area contributed by atoms with E-state index in [-0.39, 0.29) is 17.5 Å². The Bertz CT molecular complexity index is 510. The van der Waals surface area contributed by atoms with Crippen molar-refractivity contribution in [2.24, 2.45) is 5.92 Å². The largest absolute Gasteiger partial charge is 0.459 e. The van der Waals surface area contributed by atoms with Crippen molar-refractivity contribution < 1.29 is 9.53 Å². The first-order valence-electron chi connectivity index (χ1n) is 10.9. The Kier molecular flexibility index (Phi) is 9.22. The van der Waals surface area contributed by atoms with E-state index in [0.29, 0.717) is 0 Å². The Labute approximate surface area is 160 Å². The molecule has 26 heavy (non-hydrogen) atoms. The zero-order valence-corrected chi connectivity index (χ0v) is 17.0. The number of carbonyl (C=O) groups is 1. The fraction of sp³-hybridized carbons (Fsp3) is 0.708. The van der Waals surface area contributed by atoms with Gasteiger partial charge in [-0.15, -0.1) is 0 Å². The molecule has 2 nitrogen and oxygen atoms in total. The zero-order valence-electron chi connectivity index (χ0n) is 17.0. The summed E-state index contributed by atoms with van der Waals surface area (Å²) in [6.07, 6.45) is 16.5. The van der Waals surface area contributed by atoms with Gasteiger partial charge < -0.3 is 4.74 Å². The molecule has 0 bridgehead atoms. The van der Waals surface area contributed by atoms with Gasteiger partial charge >= 0.3 is 5.97 Å². The summed E-state index contributed by atoms with van der Waals surface area (Å²) in [5.74, 6) is 0.0870. The molecule has 1 aromatic rings. The van der Waals surface area contributed by atoms with Gasteiger partial charge in [-0.3, -0.25) is 4.79 Å². The normalized spacial score (nSPS) is 22.5. The van der Waals surface area contributed by atoms with Gasteiger partial charge in [0.15, 0.2) is 0 Å². The average Bonchev–Trinajstić information content (AvgIpc) is 2.89. The molecule has 2 rings (SSSR count). The van der Waals surface area contributed by atoms with Gasteiger partial charge in [-0.25, -0.2) is 0 Å². The maximum Gasteiger partial charge on any atom is 0.309 e. The molecule has 1 aromatic carbocycles. The van der Waals surface area contributed by atoms with Crippen molar-refractivity contribution in [2.75, 3.05) is 0 Å². The standard InChI is InChI=1S/C24H38O2/c1-21-20-24(2,26-23(21)25)19-15-10-8-6-4-3-5-7-9-12-16-22-17-13-11-14-18-22/h11,13-14,17-18,21H,3-10,12,15-16,19-20H2,1-2H3/t21-,24-/m1/s1. The van der Waals surface area contributed by atoms with E-state index in [1.54, 1.807) is 0 Å². The van der Waals surface area contributed by atoms with Crippen LogP contribution >= 0.6 is 0 Å². The number of carbonyl (C=O) groups excluding carboxylic acids is 1. The third-order valence-electron chi connectivity index (χ3n) is 5.75. The highest BCUT2D eigenvalue weighted by molar-refractivity contribution is 5.74. The Balaban J connectivity index is 1.35. The number of benzene rings is 1. The van der Waals surface area contributed by atoms with Crippen LogP contribution in [0.15, 0.2) is 30.3 Å². The fourth-order valence-corrected chi connectivity index (χ4v) is 4.16. The van der Waals surface area contributed by atoms with Crippen molar-refractivity contribution >= 4 is 5.97 Å². The Morgan fingerprint density at radius 3 is 1.96 bits per heavy atom. The first-order valence-corrected chi connectivity index (χ1v) is 10.9. The molecule has 1 fully saturated rings. The summed E-state index contributed by atoms with van der Waals surface area (Å²) in [5.41, 5.74) is 1.29. The van der Waals surface area contributed by atoms with Crippen molar-refractivity contribution in [1.82, 2.24) is 0 Å². The number of cyclic esters (lactones) is 1. The molecule has 146 valence electrons. The molecule has 0 spiro atoms. The molecule has 0 aliphatic carbocycles. The van der Waals surface area contributed by atoms with Crippen molar-refractivity contribution in [1.29, 1.82) is 0 Å². The highest BCUT2D eigenvalue weighted by Crippen LogP contribution is 2.34. The van der Waals surface area contributed by atoms with Crippen molar-refractivity contribution in [3.63, 3.8) is 0 Å². The van der Waals surface area contributed by atoms with E-state index in [2.05, 4.69) is 37.3 Å². The van der Waals surface area contributed by atoms with Gasteiger partial charge in [-0.05, 0) is 44.6 Å². The van der Waals surface area contributed by atoms with Gasteiger partial charge in [-0.2, -0.15) is 0 Å². The van der Waals surface area contributed by atoms with Gasteiger partial charge in [0.25, 0.3) is 0 Å². The predicted octanol–water partition coefficient (Wildman–Crippen LogP) is 6.86. The predicted molar refractivity (Wildman–Crippen MR) is 109 cm³/mol. The van der Waals surface area contributed by atoms with Crippen LogP contribution in [0.3, 0.4) is 0 Å². The van der Waals surface area contributed by atoms with Crippen molar-refractivity contribution in [2.45, 2.75) is 103 Å². The molecule has 0 saturated carbocycles. The van der Waals surface area contributed by atoms with Crippen LogP contribution < -0.4 is 0 Å². The molecule has 2 heteroatoms. The lowest BCUT2D eigenvalue weighted by Crippen LogP contribution is -2.23. The summed E-state index contributed by atoms with van der Waals surface area (Å²) >= 11 is 0. The van der Waals surface area contributed by atoms with Crippen LogP contribution in [0.4, 0.5) is 0 Å². The molecule has 2 atom stereocenters. The molecule has 1 saturated heterocycles. The first kappa shape index (κ1) is 21.0. The molecular formula is C24H38O2. The Morgan fingerprint density at radius 1 is 0.885 bits per heavy atom. The van der Waals surface area contributed by atoms with E-state index in [1.807, 2.05) is 6.92 Å². The minimum Gasteiger partial charge on any atom is -0.459 e. The lowest BCUT2D eigenvalue weighted by atomic mass is 9.91. The van der Waals surface area contributed by atoms with Crippen LogP contribution in [-0.4, -0.2) is 11.6 Å². The number of unbranched alkanes of at least 4 members (excludes halogenated alkanes) is 9. The summed E-state index contributed by atoms with van der Waals surface area (Å²) in [6.45, 7) is 4.08. The molecule has 1 heterocycles. The quantitative estimate of drug-likeness (QED) is 0.284. The lowest BCUT2D eigenvalue weighted by Gasteiger charge is -2.22. The molecule has 0 amide bonds. The third-order valence-corrected chi connectivity index (χ3v) is 5.75. The van der Waals surface area contributed by atoms with Crippen LogP contribution in [0.25, 0.3) is 0 Å². The van der Waals surface area contributed by atoms with E-state index in [9.17, 15) is 4.79 Å². The van der Waals surface area contributed by atoms with Gasteiger partial charge in [0, 0.05) is 0 Å². The van der Waals surface area contributed by atoms with Crippen LogP contribution in [0, 0.1) is 5.92 Å². The SMILES string of the molecule is C[C@@H]1C[C@@](C)(CCCCCCCCCCCCc2ccccc2)OC1=O. The van der Waals surface area contributed by atoms with E-state index < -0.39 is 0 Å². The average molecular weight is 359 g/mol. The van der Waals surface area contributed by atoms with Crippen molar-refractivity contribution in [3.8, 4) is 0 Å². The molecular weight excluding hydrogens is 320 g/mol. The zero-order chi connectivity index (χ0) is 18.7. The molecule has 1 aliphatic heterocycles. The highest BCUT2D eigenvalue weighted by atomic mass is 16.6. The van der Waals surface area contributed by atoms with Gasteiger partial charge in [-0.1, -0.05) is 88.6 Å². The third kappa shape index (κ3) is 7.93. The van der Waals surface area contributed by atoms with Crippen molar-refractivity contribution in [3.05, 3.63) is 35.9 Å². The summed E-state index contributed by atoms with van der Waals surface area (Å²) in [7, 11) is 0. The fourth-order valence-electron chi connectivity index (χ4n) is 4.16. The van der Waals surface area contributed by atoms with Crippen LogP contribution in [0.2, 0.25) is 0 Å². The molecule has 0 radical (unpaired) electrons. The van der Waals surface area contributed by atoms with Gasteiger partial charge in [0.05, 0.1) is 5.92 Å². The van der Waals surface area contributed by atoms with Gasteiger partial charge in [0.1, 0.15) is 5.60 Å². The van der Waals surface area contributed by atoms with Crippen LogP contribution in [0.1, 0.15) is 96.5 Å². The Hall–Kier alpha value is -1.31. The summed E-state index contributed by atoms with van der Waals surface area (Å²) in [5, 5.41) is 0. The molecule has 1 aliphatic rings. The number of rotatable bonds is 13. The number of hydrogen-bond donors (Lipinski definition) is 0. The van der Waals surface area contributed by atoms with Crippen LogP contribution in [0.5, 0.6) is 0 Å². The topological polar surface area (TPSA) is 26.3 Å². The number of aryl methyl sites for hydroxylation is 1. The van der Waals surface area contributed by atoms with Gasteiger partial charge in [0.2, 0.25) is 0 Å². The second-order valence-electron chi connectivity index (χ2n) is 8.50. The first-order chi connectivity index (χ1) is 12.6. The van der Waals surface area contributed by atoms with E-state index >= 15 is 0 Å². The number of ether oxygens (including phenoxy) is 1. The number of esters is 1. The summed E-state index contributed by atoms with van der Waals surface area (Å²) in [4.78, 5) is 11.5. The Morgan fingerprint density at radius 2 is 1.42 bits per heavy atom. The molecule has 0 aromatic heterocycles. The minimum atomic E-state index is -0.184. The molecule has 0 unspecified atom stereocenters. The smallest absolute Gasteiger partial charge is 0.309 e. The lowest BCUT2D eigenvalue weighted by molar-refractivity contribution is -0.149. The highest BCUT2D eigenvalue weighted by Gasteiger charge is 2.40. The monoisotopic (exact) mass is 358 g/mol. The maximum atomic E-state index is 11.5. The molecule has 0 N–H and O–H groups in total. The van der Waals surface area contributed by atoms with E-state index in [0.717, 1.165) is 12.8 Å². The summed E-state index contributed by atoms with van der Waals surface area (Å²) < 4.78 is 5.54. The maximum absolute atomic E-state index is 11.5. The number of hydrogen-bond acceptors (Lipinski definition) is 2.